The number of aryl methyl sites for hydroxylation is 1. The van der Waals surface area contributed by atoms with Gasteiger partial charge in [0.1, 0.15) is 0 Å². The van der Waals surface area contributed by atoms with Crippen LogP contribution in [0.3, 0.4) is 0 Å². The minimum atomic E-state index is 0.440. The second-order valence-electron chi connectivity index (χ2n) is 5.69. The Bertz CT molecular complexity index is 668. The van der Waals surface area contributed by atoms with Gasteiger partial charge in [-0.15, -0.1) is 11.8 Å². The topological polar surface area (TPSA) is 45.5 Å². The highest BCUT2D eigenvalue weighted by molar-refractivity contribution is 9.10. The lowest BCUT2D eigenvalue weighted by molar-refractivity contribution is 0.477. The van der Waals surface area contributed by atoms with Crippen LogP contribution in [0, 0.1) is 0 Å². The molecule has 0 bridgehead atoms. The van der Waals surface area contributed by atoms with Gasteiger partial charge < -0.3 is 10.2 Å². The monoisotopic (exact) mass is 409 g/mol. The lowest BCUT2D eigenvalue weighted by Gasteiger charge is -2.23. The second kappa shape index (κ2) is 9.13. The highest BCUT2D eigenvalue weighted by Crippen LogP contribution is 2.24. The summed E-state index contributed by atoms with van der Waals surface area (Å²) in [6.45, 7) is 3.85. The molecule has 1 atom stereocenters. The largest absolute Gasteiger partial charge is 0.355 e. The zero-order valence-electron chi connectivity index (χ0n) is 14.5. The molecule has 0 radical (unpaired) electrons. The van der Waals surface area contributed by atoms with E-state index in [0.717, 1.165) is 23.5 Å². The van der Waals surface area contributed by atoms with Gasteiger partial charge in [0.05, 0.1) is 6.20 Å². The van der Waals surface area contributed by atoms with Gasteiger partial charge in [-0.3, -0.25) is 9.67 Å². The fourth-order valence-electron chi connectivity index (χ4n) is 2.31. The van der Waals surface area contributed by atoms with Gasteiger partial charge in [-0.2, -0.15) is 5.10 Å². The number of halogens is 1. The molecule has 1 heterocycles. The third-order valence-corrected chi connectivity index (χ3v) is 5.09. The summed E-state index contributed by atoms with van der Waals surface area (Å²) in [5.74, 6) is 0.891. The van der Waals surface area contributed by atoms with Crippen LogP contribution in [0.25, 0.3) is 0 Å². The Balaban J connectivity index is 1.82. The minimum Gasteiger partial charge on any atom is -0.355 e. The number of thioether (sulfide) groups is 1. The van der Waals surface area contributed by atoms with Crippen molar-refractivity contribution in [2.24, 2.45) is 12.0 Å². The fourth-order valence-corrected chi connectivity index (χ4v) is 3.50. The Hall–Kier alpha value is -1.47. The molecule has 1 N–H and O–H groups in total. The van der Waals surface area contributed by atoms with Crippen molar-refractivity contribution >= 4 is 33.7 Å². The molecule has 0 saturated heterocycles. The minimum absolute atomic E-state index is 0.440. The molecule has 1 aromatic carbocycles. The number of hydrogen-bond acceptors (Lipinski definition) is 3. The molecule has 7 heteroatoms. The van der Waals surface area contributed by atoms with Gasteiger partial charge in [0, 0.05) is 60.6 Å². The third-order valence-electron chi connectivity index (χ3n) is 3.45. The van der Waals surface area contributed by atoms with E-state index >= 15 is 0 Å². The van der Waals surface area contributed by atoms with Crippen molar-refractivity contribution in [1.82, 2.24) is 20.0 Å². The van der Waals surface area contributed by atoms with Crippen LogP contribution in [0.15, 0.2) is 51.0 Å². The van der Waals surface area contributed by atoms with Crippen LogP contribution >= 0.6 is 27.7 Å². The van der Waals surface area contributed by atoms with Crippen molar-refractivity contribution < 1.29 is 0 Å². The van der Waals surface area contributed by atoms with Gasteiger partial charge in [0.25, 0.3) is 0 Å². The van der Waals surface area contributed by atoms with E-state index < -0.39 is 0 Å². The number of hydrogen-bond donors (Lipinski definition) is 1. The number of rotatable bonds is 6. The maximum Gasteiger partial charge on any atom is 0.193 e. The lowest BCUT2D eigenvalue weighted by Crippen LogP contribution is -2.40. The van der Waals surface area contributed by atoms with Crippen molar-refractivity contribution in [2.75, 3.05) is 20.6 Å². The zero-order chi connectivity index (χ0) is 17.5. The molecular weight excluding hydrogens is 386 g/mol. The number of nitrogens with one attached hydrogen (secondary N) is 1. The SMILES string of the molecule is CN=C(NCC(C)Sc1ccc(Br)cc1)N(C)Cc1cnn(C)c1. The van der Waals surface area contributed by atoms with Crippen molar-refractivity contribution in [3.63, 3.8) is 0 Å². The lowest BCUT2D eigenvalue weighted by atomic mass is 10.3. The predicted octanol–water partition coefficient (Wildman–Crippen LogP) is 3.37. The summed E-state index contributed by atoms with van der Waals surface area (Å²) in [7, 11) is 5.78. The summed E-state index contributed by atoms with van der Waals surface area (Å²) >= 11 is 5.32. The maximum absolute atomic E-state index is 4.37. The first-order valence-electron chi connectivity index (χ1n) is 7.79. The molecule has 2 aromatic rings. The first kappa shape index (κ1) is 18.9. The van der Waals surface area contributed by atoms with E-state index in [0.29, 0.717) is 5.25 Å². The van der Waals surface area contributed by atoms with E-state index in [1.165, 1.54) is 10.5 Å². The maximum atomic E-state index is 4.37. The standard InChI is InChI=1S/C17H24BrN5S/c1-13(24-16-7-5-15(18)6-8-16)9-20-17(19-2)22(3)11-14-10-21-23(4)12-14/h5-8,10,12-13H,9,11H2,1-4H3,(H,19,20). The molecule has 0 aliphatic carbocycles. The van der Waals surface area contributed by atoms with Gasteiger partial charge in [-0.05, 0) is 24.3 Å². The van der Waals surface area contributed by atoms with Crippen molar-refractivity contribution in [1.29, 1.82) is 0 Å². The van der Waals surface area contributed by atoms with E-state index in [4.69, 9.17) is 0 Å². The van der Waals surface area contributed by atoms with E-state index in [2.05, 4.69) is 67.4 Å². The highest BCUT2D eigenvalue weighted by atomic mass is 79.9. The zero-order valence-corrected chi connectivity index (χ0v) is 16.9. The number of benzene rings is 1. The van der Waals surface area contributed by atoms with Gasteiger partial charge in [0.15, 0.2) is 5.96 Å². The molecule has 0 fully saturated rings. The molecule has 0 spiro atoms. The third kappa shape index (κ3) is 5.87. The molecule has 24 heavy (non-hydrogen) atoms. The summed E-state index contributed by atoms with van der Waals surface area (Å²) in [5.41, 5.74) is 1.17. The quantitative estimate of drug-likeness (QED) is 0.451. The molecule has 1 aromatic heterocycles. The van der Waals surface area contributed by atoms with E-state index in [9.17, 15) is 0 Å². The van der Waals surface area contributed by atoms with Gasteiger partial charge >= 0.3 is 0 Å². The Morgan fingerprint density at radius 3 is 2.71 bits per heavy atom. The normalized spacial score (nSPS) is 13.0. The number of aliphatic imine (C=N–C) groups is 1. The first-order chi connectivity index (χ1) is 11.5. The molecule has 5 nitrogen and oxygen atoms in total. The van der Waals surface area contributed by atoms with Crippen molar-refractivity contribution in [2.45, 2.75) is 23.6 Å². The number of guanidine groups is 1. The van der Waals surface area contributed by atoms with E-state index in [1.807, 2.05) is 50.0 Å². The molecular formula is C17H24BrN5S. The molecule has 1 unspecified atom stereocenters. The predicted molar refractivity (Wildman–Crippen MR) is 105 cm³/mol. The fraction of sp³-hybridized carbons (Fsp3) is 0.412. The van der Waals surface area contributed by atoms with Crippen LogP contribution in [0.4, 0.5) is 0 Å². The molecule has 0 aliphatic heterocycles. The number of nitrogens with zero attached hydrogens (tertiary/aromatic N) is 4. The summed E-state index contributed by atoms with van der Waals surface area (Å²) in [5, 5.41) is 8.09. The second-order valence-corrected chi connectivity index (χ2v) is 8.12. The summed E-state index contributed by atoms with van der Waals surface area (Å²) in [6, 6.07) is 8.41. The van der Waals surface area contributed by atoms with Crippen molar-refractivity contribution in [3.05, 3.63) is 46.7 Å². The van der Waals surface area contributed by atoms with Crippen LogP contribution in [0.5, 0.6) is 0 Å². The van der Waals surface area contributed by atoms with Crippen LogP contribution in [0.1, 0.15) is 12.5 Å². The van der Waals surface area contributed by atoms with Gasteiger partial charge in [-0.1, -0.05) is 22.9 Å². The number of aromatic nitrogens is 2. The average molecular weight is 410 g/mol. The Kier molecular flexibility index (Phi) is 7.17. The molecule has 0 saturated carbocycles. The van der Waals surface area contributed by atoms with Crippen LogP contribution in [-0.4, -0.2) is 46.5 Å². The highest BCUT2D eigenvalue weighted by Gasteiger charge is 2.10. The Morgan fingerprint density at radius 2 is 2.12 bits per heavy atom. The first-order valence-corrected chi connectivity index (χ1v) is 9.46. The average Bonchev–Trinajstić information content (AvgIpc) is 2.95. The summed E-state index contributed by atoms with van der Waals surface area (Å²) in [6.07, 6.45) is 3.91. The smallest absolute Gasteiger partial charge is 0.193 e. The molecule has 0 aliphatic rings. The van der Waals surface area contributed by atoms with E-state index in [-0.39, 0.29) is 0 Å². The van der Waals surface area contributed by atoms with Gasteiger partial charge in [0.2, 0.25) is 0 Å². The van der Waals surface area contributed by atoms with Crippen LogP contribution < -0.4 is 5.32 Å². The summed E-state index contributed by atoms with van der Waals surface area (Å²) in [4.78, 5) is 7.75. The molecule has 0 amide bonds. The molecule has 130 valence electrons. The Morgan fingerprint density at radius 1 is 1.42 bits per heavy atom. The van der Waals surface area contributed by atoms with Gasteiger partial charge in [-0.25, -0.2) is 0 Å². The summed E-state index contributed by atoms with van der Waals surface area (Å²) < 4.78 is 2.92. The Labute approximate surface area is 156 Å². The van der Waals surface area contributed by atoms with Crippen LogP contribution in [0.2, 0.25) is 0 Å². The van der Waals surface area contributed by atoms with Crippen LogP contribution in [-0.2, 0) is 13.6 Å². The van der Waals surface area contributed by atoms with E-state index in [1.54, 1.807) is 0 Å². The van der Waals surface area contributed by atoms with Crippen molar-refractivity contribution in [3.8, 4) is 0 Å². The molecule has 2 rings (SSSR count).